The lowest BCUT2D eigenvalue weighted by molar-refractivity contribution is -0.122. The van der Waals surface area contributed by atoms with Gasteiger partial charge in [0.1, 0.15) is 0 Å². The van der Waals surface area contributed by atoms with Gasteiger partial charge in [-0.15, -0.1) is 0 Å². The van der Waals surface area contributed by atoms with Crippen LogP contribution in [0.15, 0.2) is 54.7 Å². The van der Waals surface area contributed by atoms with Crippen molar-refractivity contribution in [1.29, 1.82) is 0 Å². The number of amides is 1. The van der Waals surface area contributed by atoms with Gasteiger partial charge in [-0.05, 0) is 37.0 Å². The molecule has 1 N–H and O–H groups in total. The van der Waals surface area contributed by atoms with Crippen LogP contribution in [0, 0.1) is 6.92 Å². The lowest BCUT2D eigenvalue weighted by Gasteiger charge is -2.24. The van der Waals surface area contributed by atoms with Crippen LogP contribution in [0.1, 0.15) is 61.1 Å². The minimum absolute atomic E-state index is 0.0644. The molecule has 0 bridgehead atoms. The summed E-state index contributed by atoms with van der Waals surface area (Å²) in [6.45, 7) is 2.12. The van der Waals surface area contributed by atoms with Crippen LogP contribution in [0.25, 0.3) is 10.9 Å². The monoisotopic (exact) mass is 374 g/mol. The summed E-state index contributed by atoms with van der Waals surface area (Å²) in [7, 11) is 2.08. The summed E-state index contributed by atoms with van der Waals surface area (Å²) in [5.41, 5.74) is 4.90. The molecule has 0 spiro atoms. The molecule has 1 heterocycles. The summed E-state index contributed by atoms with van der Waals surface area (Å²) in [4.78, 5) is 13.0. The number of rotatable bonds is 5. The zero-order valence-electron chi connectivity index (χ0n) is 16.9. The van der Waals surface area contributed by atoms with E-state index in [9.17, 15) is 4.79 Å². The second-order valence-corrected chi connectivity index (χ2v) is 8.29. The summed E-state index contributed by atoms with van der Waals surface area (Å²) < 4.78 is 2.17. The molecule has 3 nitrogen and oxygen atoms in total. The van der Waals surface area contributed by atoms with Crippen molar-refractivity contribution < 1.29 is 4.79 Å². The van der Waals surface area contributed by atoms with E-state index in [4.69, 9.17) is 0 Å². The van der Waals surface area contributed by atoms with Crippen molar-refractivity contribution in [1.82, 2.24) is 9.88 Å². The molecule has 28 heavy (non-hydrogen) atoms. The first-order chi connectivity index (χ1) is 13.6. The van der Waals surface area contributed by atoms with Crippen molar-refractivity contribution in [3.63, 3.8) is 0 Å². The van der Waals surface area contributed by atoms with Crippen LogP contribution in [0.3, 0.4) is 0 Å². The maximum atomic E-state index is 13.0. The fourth-order valence-corrected chi connectivity index (χ4v) is 4.66. The maximum Gasteiger partial charge on any atom is 0.221 e. The molecule has 1 amide bonds. The number of para-hydroxylation sites is 1. The molecule has 3 heteroatoms. The smallest absolute Gasteiger partial charge is 0.221 e. The standard InChI is InChI=1S/C25H30N2O/c1-18-9-8-10-19(15-18)22(16-25(28)26-20-11-4-3-5-12-20)23-17-27(2)24-14-7-6-13-21(23)24/h6-10,13-15,17,20,22H,3-5,11-12,16H2,1-2H3,(H,26,28). The average molecular weight is 375 g/mol. The minimum Gasteiger partial charge on any atom is -0.353 e. The van der Waals surface area contributed by atoms with Gasteiger partial charge in [0.2, 0.25) is 5.91 Å². The van der Waals surface area contributed by atoms with Gasteiger partial charge in [0.25, 0.3) is 0 Å². The highest BCUT2D eigenvalue weighted by Gasteiger charge is 2.24. The van der Waals surface area contributed by atoms with Crippen LogP contribution in [-0.4, -0.2) is 16.5 Å². The fourth-order valence-electron chi connectivity index (χ4n) is 4.66. The molecule has 0 saturated heterocycles. The van der Waals surface area contributed by atoms with Crippen molar-refractivity contribution in [2.45, 2.75) is 57.4 Å². The van der Waals surface area contributed by atoms with Crippen LogP contribution in [0.4, 0.5) is 0 Å². The number of aromatic nitrogens is 1. The Bertz CT molecular complexity index is 966. The predicted molar refractivity (Wildman–Crippen MR) is 116 cm³/mol. The van der Waals surface area contributed by atoms with E-state index >= 15 is 0 Å². The normalized spacial score (nSPS) is 16.2. The molecule has 1 aliphatic rings. The van der Waals surface area contributed by atoms with Gasteiger partial charge in [-0.1, -0.05) is 67.3 Å². The number of aryl methyl sites for hydroxylation is 2. The minimum atomic E-state index is 0.0644. The van der Waals surface area contributed by atoms with Crippen LogP contribution < -0.4 is 5.32 Å². The van der Waals surface area contributed by atoms with E-state index in [-0.39, 0.29) is 11.8 Å². The van der Waals surface area contributed by atoms with Crippen LogP contribution in [0.2, 0.25) is 0 Å². The molecule has 0 aliphatic heterocycles. The molecule has 1 saturated carbocycles. The molecule has 1 unspecified atom stereocenters. The van der Waals surface area contributed by atoms with Gasteiger partial charge in [0.05, 0.1) is 0 Å². The Morgan fingerprint density at radius 2 is 1.89 bits per heavy atom. The van der Waals surface area contributed by atoms with E-state index in [1.807, 2.05) is 0 Å². The highest BCUT2D eigenvalue weighted by Crippen LogP contribution is 2.35. The average Bonchev–Trinajstić information content (AvgIpc) is 3.04. The lowest BCUT2D eigenvalue weighted by Crippen LogP contribution is -2.36. The van der Waals surface area contributed by atoms with Crippen molar-refractivity contribution in [3.8, 4) is 0 Å². The predicted octanol–water partition coefficient (Wildman–Crippen LogP) is 5.46. The molecule has 4 rings (SSSR count). The summed E-state index contributed by atoms with van der Waals surface area (Å²) >= 11 is 0. The fraction of sp³-hybridized carbons (Fsp3) is 0.400. The molecular weight excluding hydrogens is 344 g/mol. The highest BCUT2D eigenvalue weighted by atomic mass is 16.1. The Labute approximate surface area is 167 Å². The zero-order valence-corrected chi connectivity index (χ0v) is 16.9. The number of carbonyl (C=O) groups is 1. The molecule has 1 aliphatic carbocycles. The largest absolute Gasteiger partial charge is 0.353 e. The molecule has 146 valence electrons. The molecule has 1 aromatic heterocycles. The summed E-state index contributed by atoms with van der Waals surface area (Å²) in [6, 6.07) is 17.4. The Kier molecular flexibility index (Phi) is 5.52. The number of carbonyl (C=O) groups excluding carboxylic acids is 1. The van der Waals surface area contributed by atoms with Crippen LogP contribution in [-0.2, 0) is 11.8 Å². The van der Waals surface area contributed by atoms with Crippen LogP contribution in [0.5, 0.6) is 0 Å². The first kappa shape index (κ1) is 18.8. The molecule has 1 fully saturated rings. The number of benzene rings is 2. The number of fused-ring (bicyclic) bond motifs is 1. The summed E-state index contributed by atoms with van der Waals surface area (Å²) in [5.74, 6) is 0.237. The van der Waals surface area contributed by atoms with E-state index in [1.165, 1.54) is 46.9 Å². The molecular formula is C25H30N2O. The Morgan fingerprint density at radius 3 is 2.68 bits per heavy atom. The van der Waals surface area contributed by atoms with E-state index in [0.717, 1.165) is 12.8 Å². The lowest BCUT2D eigenvalue weighted by atomic mass is 9.87. The topological polar surface area (TPSA) is 34.0 Å². The first-order valence-corrected chi connectivity index (χ1v) is 10.5. The van der Waals surface area contributed by atoms with Gasteiger partial charge in [0.15, 0.2) is 0 Å². The van der Waals surface area contributed by atoms with Gasteiger partial charge in [-0.2, -0.15) is 0 Å². The highest BCUT2D eigenvalue weighted by molar-refractivity contribution is 5.86. The van der Waals surface area contributed by atoms with Gasteiger partial charge < -0.3 is 9.88 Å². The third-order valence-electron chi connectivity index (χ3n) is 6.11. The van der Waals surface area contributed by atoms with E-state index in [0.29, 0.717) is 12.5 Å². The maximum absolute atomic E-state index is 13.0. The van der Waals surface area contributed by atoms with Gasteiger partial charge >= 0.3 is 0 Å². The van der Waals surface area contributed by atoms with Crippen molar-refractivity contribution in [2.24, 2.45) is 7.05 Å². The Balaban J connectivity index is 1.67. The number of hydrogen-bond donors (Lipinski definition) is 1. The second kappa shape index (κ2) is 8.22. The summed E-state index contributed by atoms with van der Waals surface area (Å²) in [6.07, 6.45) is 8.70. The van der Waals surface area contributed by atoms with Crippen molar-refractivity contribution in [3.05, 3.63) is 71.4 Å². The Hall–Kier alpha value is -2.55. The Morgan fingerprint density at radius 1 is 1.11 bits per heavy atom. The molecule has 0 radical (unpaired) electrons. The van der Waals surface area contributed by atoms with E-state index < -0.39 is 0 Å². The zero-order chi connectivity index (χ0) is 19.5. The molecule has 3 aromatic rings. The van der Waals surface area contributed by atoms with Gasteiger partial charge in [-0.25, -0.2) is 0 Å². The van der Waals surface area contributed by atoms with Crippen LogP contribution >= 0.6 is 0 Å². The third kappa shape index (κ3) is 3.99. The SMILES string of the molecule is Cc1cccc(C(CC(=O)NC2CCCCC2)c2cn(C)c3ccccc23)c1. The van der Waals surface area contributed by atoms with E-state index in [2.05, 4.69) is 78.6 Å². The summed E-state index contributed by atoms with van der Waals surface area (Å²) in [5, 5.41) is 4.55. The van der Waals surface area contributed by atoms with Gasteiger partial charge in [0, 0.05) is 42.5 Å². The second-order valence-electron chi connectivity index (χ2n) is 8.29. The third-order valence-corrected chi connectivity index (χ3v) is 6.11. The molecule has 2 aromatic carbocycles. The van der Waals surface area contributed by atoms with Crippen molar-refractivity contribution >= 4 is 16.8 Å². The first-order valence-electron chi connectivity index (χ1n) is 10.5. The van der Waals surface area contributed by atoms with E-state index in [1.54, 1.807) is 0 Å². The quantitative estimate of drug-likeness (QED) is 0.632. The number of nitrogens with one attached hydrogen (secondary N) is 1. The number of nitrogens with zero attached hydrogens (tertiary/aromatic N) is 1. The van der Waals surface area contributed by atoms with Crippen molar-refractivity contribution in [2.75, 3.05) is 0 Å². The molecule has 1 atom stereocenters. The van der Waals surface area contributed by atoms with Gasteiger partial charge in [-0.3, -0.25) is 4.79 Å². The number of hydrogen-bond acceptors (Lipinski definition) is 1.